The molecular formula is C17H18N4O2. The van der Waals surface area contributed by atoms with Gasteiger partial charge in [0.25, 0.3) is 0 Å². The largest absolute Gasteiger partial charge is 0.458 e. The zero-order valence-electron chi connectivity index (χ0n) is 13.1. The van der Waals surface area contributed by atoms with Crippen LogP contribution in [-0.2, 0) is 9.53 Å². The molecule has 118 valence electrons. The maximum Gasteiger partial charge on any atom is 0.338 e. The molecule has 1 aliphatic rings. The van der Waals surface area contributed by atoms with Crippen LogP contribution in [0, 0.1) is 6.92 Å². The molecule has 1 aliphatic heterocycles. The summed E-state index contributed by atoms with van der Waals surface area (Å²) in [5.74, 6) is 0.223. The molecule has 6 nitrogen and oxygen atoms in total. The van der Waals surface area contributed by atoms with Crippen molar-refractivity contribution >= 4 is 11.9 Å². The number of hydrogen-bond donors (Lipinski definition) is 1. The van der Waals surface area contributed by atoms with Crippen molar-refractivity contribution in [3.05, 3.63) is 65.6 Å². The molecule has 0 fully saturated rings. The molecule has 0 saturated heterocycles. The summed E-state index contributed by atoms with van der Waals surface area (Å²) in [6.45, 7) is 7.60. The number of anilines is 1. The van der Waals surface area contributed by atoms with Crippen molar-refractivity contribution < 1.29 is 9.53 Å². The Morgan fingerprint density at radius 2 is 2.22 bits per heavy atom. The van der Waals surface area contributed by atoms with E-state index in [0.29, 0.717) is 17.2 Å². The van der Waals surface area contributed by atoms with Gasteiger partial charge in [0.1, 0.15) is 19.0 Å². The first-order valence-corrected chi connectivity index (χ1v) is 7.34. The normalized spacial score (nSPS) is 16.5. The number of aromatic nitrogens is 3. The standard InChI is InChI=1S/C17H18N4O2/c1-4-9-23-16(22)14-12(3)20-17-18-10-19-21(17)15(14)13-8-6-5-7-11(13)2/h4-8,10,15H,1,9H2,2-3H3,(H,18,19,20)/t15-/m1/s1. The highest BCUT2D eigenvalue weighted by molar-refractivity contribution is 5.92. The first kappa shape index (κ1) is 15.0. The summed E-state index contributed by atoms with van der Waals surface area (Å²) in [4.78, 5) is 16.8. The van der Waals surface area contributed by atoms with Gasteiger partial charge in [0.05, 0.1) is 5.57 Å². The number of allylic oxidation sites excluding steroid dienone is 1. The van der Waals surface area contributed by atoms with Gasteiger partial charge in [-0.2, -0.15) is 10.1 Å². The highest BCUT2D eigenvalue weighted by Crippen LogP contribution is 2.36. The molecule has 1 atom stereocenters. The van der Waals surface area contributed by atoms with E-state index in [1.54, 1.807) is 10.8 Å². The number of carbonyl (C=O) groups excluding carboxylic acids is 1. The van der Waals surface area contributed by atoms with Crippen molar-refractivity contribution in [3.8, 4) is 0 Å². The molecule has 1 aromatic heterocycles. The molecule has 0 radical (unpaired) electrons. The van der Waals surface area contributed by atoms with Gasteiger partial charge in [-0.3, -0.25) is 0 Å². The molecule has 6 heteroatoms. The SMILES string of the molecule is C=CCOC(=O)C1=C(C)Nc2ncnn2[C@@H]1c1ccccc1C. The molecule has 0 spiro atoms. The molecule has 3 rings (SSSR count). The van der Waals surface area contributed by atoms with Crippen LogP contribution in [-0.4, -0.2) is 27.3 Å². The van der Waals surface area contributed by atoms with Crippen LogP contribution in [0.2, 0.25) is 0 Å². The van der Waals surface area contributed by atoms with Crippen molar-refractivity contribution in [1.29, 1.82) is 0 Å². The molecular weight excluding hydrogens is 292 g/mol. The fourth-order valence-electron chi connectivity index (χ4n) is 2.75. The molecule has 2 heterocycles. The van der Waals surface area contributed by atoms with Gasteiger partial charge in [-0.1, -0.05) is 36.9 Å². The number of hydrogen-bond acceptors (Lipinski definition) is 5. The number of carbonyl (C=O) groups is 1. The molecule has 0 bridgehead atoms. The van der Waals surface area contributed by atoms with Gasteiger partial charge in [0.2, 0.25) is 5.95 Å². The zero-order valence-corrected chi connectivity index (χ0v) is 13.1. The van der Waals surface area contributed by atoms with Crippen molar-refractivity contribution in [2.24, 2.45) is 0 Å². The number of benzene rings is 1. The lowest BCUT2D eigenvalue weighted by Gasteiger charge is -2.29. The predicted molar refractivity (Wildman–Crippen MR) is 86.8 cm³/mol. The van der Waals surface area contributed by atoms with Crippen LogP contribution in [0.1, 0.15) is 24.1 Å². The first-order valence-electron chi connectivity index (χ1n) is 7.34. The lowest BCUT2D eigenvalue weighted by molar-refractivity contribution is -0.138. The van der Waals surface area contributed by atoms with E-state index in [4.69, 9.17) is 4.74 Å². The fourth-order valence-corrected chi connectivity index (χ4v) is 2.75. The summed E-state index contributed by atoms with van der Waals surface area (Å²) in [5, 5.41) is 7.39. The molecule has 0 aliphatic carbocycles. The van der Waals surface area contributed by atoms with Crippen LogP contribution in [0.15, 0.2) is 54.5 Å². The minimum Gasteiger partial charge on any atom is -0.458 e. The van der Waals surface area contributed by atoms with Gasteiger partial charge in [-0.05, 0) is 25.0 Å². The van der Waals surface area contributed by atoms with Crippen LogP contribution in [0.3, 0.4) is 0 Å². The van der Waals surface area contributed by atoms with Gasteiger partial charge < -0.3 is 10.1 Å². The van der Waals surface area contributed by atoms with E-state index in [-0.39, 0.29) is 18.6 Å². The predicted octanol–water partition coefficient (Wildman–Crippen LogP) is 2.60. The highest BCUT2D eigenvalue weighted by Gasteiger charge is 2.34. The van der Waals surface area contributed by atoms with Crippen molar-refractivity contribution in [3.63, 3.8) is 0 Å². The first-order chi connectivity index (χ1) is 11.1. The Morgan fingerprint density at radius 3 is 2.96 bits per heavy atom. The minimum absolute atomic E-state index is 0.167. The Kier molecular flexibility index (Phi) is 3.97. The maximum atomic E-state index is 12.6. The highest BCUT2D eigenvalue weighted by atomic mass is 16.5. The Bertz CT molecular complexity index is 791. The monoisotopic (exact) mass is 310 g/mol. The summed E-state index contributed by atoms with van der Waals surface area (Å²) in [6.07, 6.45) is 3.02. The van der Waals surface area contributed by atoms with E-state index in [2.05, 4.69) is 22.0 Å². The van der Waals surface area contributed by atoms with E-state index in [1.807, 2.05) is 38.1 Å². The van der Waals surface area contributed by atoms with E-state index >= 15 is 0 Å². The topological polar surface area (TPSA) is 69.0 Å². The summed E-state index contributed by atoms with van der Waals surface area (Å²) in [5.41, 5.74) is 3.31. The summed E-state index contributed by atoms with van der Waals surface area (Å²) >= 11 is 0. The van der Waals surface area contributed by atoms with Gasteiger partial charge in [0, 0.05) is 5.70 Å². The zero-order chi connectivity index (χ0) is 16.4. The second-order valence-corrected chi connectivity index (χ2v) is 5.34. The molecule has 0 saturated carbocycles. The van der Waals surface area contributed by atoms with Crippen LogP contribution < -0.4 is 5.32 Å². The molecule has 1 aromatic carbocycles. The van der Waals surface area contributed by atoms with Gasteiger partial charge >= 0.3 is 5.97 Å². The van der Waals surface area contributed by atoms with E-state index < -0.39 is 0 Å². The van der Waals surface area contributed by atoms with Crippen molar-refractivity contribution in [1.82, 2.24) is 14.8 Å². The second kappa shape index (κ2) is 6.08. The minimum atomic E-state index is -0.385. The number of aryl methyl sites for hydroxylation is 1. The lowest BCUT2D eigenvalue weighted by Crippen LogP contribution is -2.30. The molecule has 1 N–H and O–H groups in total. The fraction of sp³-hybridized carbons (Fsp3) is 0.235. The molecule has 0 unspecified atom stereocenters. The Morgan fingerprint density at radius 1 is 1.43 bits per heavy atom. The van der Waals surface area contributed by atoms with E-state index in [1.165, 1.54) is 6.33 Å². The maximum absolute atomic E-state index is 12.6. The third-order valence-electron chi connectivity index (χ3n) is 3.83. The number of fused-ring (bicyclic) bond motifs is 1. The molecule has 23 heavy (non-hydrogen) atoms. The molecule has 2 aromatic rings. The third-order valence-corrected chi connectivity index (χ3v) is 3.83. The number of nitrogens with one attached hydrogen (secondary N) is 1. The van der Waals surface area contributed by atoms with Crippen LogP contribution in [0.4, 0.5) is 5.95 Å². The van der Waals surface area contributed by atoms with Gasteiger partial charge in [-0.25, -0.2) is 9.48 Å². The number of ether oxygens (including phenoxy) is 1. The summed E-state index contributed by atoms with van der Waals surface area (Å²) in [6, 6.07) is 7.55. The number of rotatable bonds is 4. The number of esters is 1. The van der Waals surface area contributed by atoms with Gasteiger partial charge in [0.15, 0.2) is 0 Å². The quantitative estimate of drug-likeness (QED) is 0.694. The molecule has 0 amide bonds. The Labute approximate surface area is 134 Å². The van der Waals surface area contributed by atoms with E-state index in [9.17, 15) is 4.79 Å². The smallest absolute Gasteiger partial charge is 0.338 e. The second-order valence-electron chi connectivity index (χ2n) is 5.34. The number of nitrogens with zero attached hydrogens (tertiary/aromatic N) is 3. The van der Waals surface area contributed by atoms with Crippen LogP contribution >= 0.6 is 0 Å². The Hall–Kier alpha value is -2.89. The summed E-state index contributed by atoms with van der Waals surface area (Å²) < 4.78 is 6.98. The summed E-state index contributed by atoms with van der Waals surface area (Å²) in [7, 11) is 0. The van der Waals surface area contributed by atoms with Crippen molar-refractivity contribution in [2.75, 3.05) is 11.9 Å². The van der Waals surface area contributed by atoms with Crippen LogP contribution in [0.25, 0.3) is 0 Å². The third kappa shape index (κ3) is 2.63. The lowest BCUT2D eigenvalue weighted by atomic mass is 9.93. The van der Waals surface area contributed by atoms with Crippen LogP contribution in [0.5, 0.6) is 0 Å². The average molecular weight is 310 g/mol. The Balaban J connectivity index is 2.13. The van der Waals surface area contributed by atoms with E-state index in [0.717, 1.165) is 11.1 Å². The van der Waals surface area contributed by atoms with Crippen molar-refractivity contribution in [2.45, 2.75) is 19.9 Å². The van der Waals surface area contributed by atoms with Gasteiger partial charge in [-0.15, -0.1) is 0 Å². The average Bonchev–Trinajstić information content (AvgIpc) is 3.00.